The van der Waals surface area contributed by atoms with Gasteiger partial charge < -0.3 is 9.84 Å². The number of benzene rings is 1. The number of phenols is 1. The molecular weight excluding hydrogens is 310 g/mol. The summed E-state index contributed by atoms with van der Waals surface area (Å²) in [6.07, 6.45) is -0.504. The Balaban J connectivity index is 2.83. The zero-order chi connectivity index (χ0) is 14.6. The topological polar surface area (TPSA) is 58.6 Å². The lowest BCUT2D eigenvalue weighted by molar-refractivity contribution is 0.0636. The zero-order valence-electron chi connectivity index (χ0n) is 11.7. The Morgan fingerprint density at radius 1 is 1.47 bits per heavy atom. The van der Waals surface area contributed by atoms with Gasteiger partial charge in [-0.1, -0.05) is 22.9 Å². The summed E-state index contributed by atoms with van der Waals surface area (Å²) in [4.78, 5) is 11.7. The van der Waals surface area contributed by atoms with Crippen molar-refractivity contribution in [3.63, 3.8) is 0 Å². The molecule has 1 aromatic carbocycles. The first-order valence-electron chi connectivity index (χ1n) is 6.12. The Morgan fingerprint density at radius 3 is 2.63 bits per heavy atom. The number of hydrogen-bond donors (Lipinski definition) is 2. The number of alkyl halides is 1. The maximum absolute atomic E-state index is 11.7. The smallest absolute Gasteiger partial charge is 0.412 e. The number of nitrogens with one attached hydrogen (secondary N) is 1. The Morgan fingerprint density at radius 2 is 2.11 bits per heavy atom. The van der Waals surface area contributed by atoms with Crippen molar-refractivity contribution in [2.24, 2.45) is 0 Å². The first-order chi connectivity index (χ1) is 8.73. The normalized spacial score (nSPS) is 12.9. The average Bonchev–Trinajstić information content (AvgIpc) is 2.28. The monoisotopic (exact) mass is 329 g/mol. The van der Waals surface area contributed by atoms with Crippen LogP contribution in [0.15, 0.2) is 18.2 Å². The molecule has 0 saturated heterocycles. The number of phenolic OH excluding ortho intramolecular Hbond substituents is 1. The van der Waals surface area contributed by atoms with Crippen molar-refractivity contribution in [2.75, 3.05) is 10.6 Å². The summed E-state index contributed by atoms with van der Waals surface area (Å²) < 4.78 is 5.18. The van der Waals surface area contributed by atoms with E-state index in [1.54, 1.807) is 18.2 Å². The summed E-state index contributed by atoms with van der Waals surface area (Å²) in [5, 5.41) is 13.2. The van der Waals surface area contributed by atoms with Crippen LogP contribution in [0.4, 0.5) is 10.5 Å². The fraction of sp³-hybridized carbons (Fsp3) is 0.500. The summed E-state index contributed by atoms with van der Waals surface area (Å²) in [6, 6.07) is 4.97. The molecule has 0 aliphatic heterocycles. The second-order valence-corrected chi connectivity index (χ2v) is 6.10. The maximum Gasteiger partial charge on any atom is 0.412 e. The molecule has 4 nitrogen and oxygen atoms in total. The molecule has 1 atom stereocenters. The van der Waals surface area contributed by atoms with Crippen LogP contribution in [0.5, 0.6) is 5.75 Å². The van der Waals surface area contributed by atoms with Gasteiger partial charge in [-0.05, 0) is 50.5 Å². The molecule has 0 aliphatic carbocycles. The van der Waals surface area contributed by atoms with Crippen LogP contribution in [0.3, 0.4) is 0 Å². The highest BCUT2D eigenvalue weighted by atomic mass is 79.9. The standard InChI is InChI=1S/C14H20BrNO3/c1-9(8-15)11-7-10(5-6-12(11)17)16-13(18)19-14(2,3)4/h5-7,9,17H,8H2,1-4H3,(H,16,18). The van der Waals surface area contributed by atoms with Crippen LogP contribution in [0.25, 0.3) is 0 Å². The van der Waals surface area contributed by atoms with Gasteiger partial charge in [-0.2, -0.15) is 0 Å². The van der Waals surface area contributed by atoms with Gasteiger partial charge in [0.2, 0.25) is 0 Å². The molecule has 19 heavy (non-hydrogen) atoms. The number of hydrogen-bond acceptors (Lipinski definition) is 3. The number of carbonyl (C=O) groups is 1. The van der Waals surface area contributed by atoms with Crippen LogP contribution in [0.1, 0.15) is 39.2 Å². The number of anilines is 1. The minimum Gasteiger partial charge on any atom is -0.508 e. The van der Waals surface area contributed by atoms with Crippen molar-refractivity contribution in [3.8, 4) is 5.75 Å². The molecule has 106 valence electrons. The number of halogens is 1. The molecule has 2 N–H and O–H groups in total. The number of rotatable bonds is 3. The van der Waals surface area contributed by atoms with Crippen molar-refractivity contribution in [2.45, 2.75) is 39.2 Å². The summed E-state index contributed by atoms with van der Waals surface area (Å²) in [5.41, 5.74) is 0.854. The van der Waals surface area contributed by atoms with Crippen molar-refractivity contribution in [3.05, 3.63) is 23.8 Å². The van der Waals surface area contributed by atoms with Gasteiger partial charge in [0.25, 0.3) is 0 Å². The van der Waals surface area contributed by atoms with E-state index in [2.05, 4.69) is 21.2 Å². The van der Waals surface area contributed by atoms with Crippen molar-refractivity contribution in [1.29, 1.82) is 0 Å². The number of aromatic hydroxyl groups is 1. The van der Waals surface area contributed by atoms with E-state index in [1.807, 2.05) is 27.7 Å². The average molecular weight is 330 g/mol. The van der Waals surface area contributed by atoms with Crippen LogP contribution in [-0.2, 0) is 4.74 Å². The molecule has 5 heteroatoms. The van der Waals surface area contributed by atoms with Crippen molar-refractivity contribution >= 4 is 27.7 Å². The first kappa shape index (κ1) is 15.8. The molecule has 0 aromatic heterocycles. The molecule has 0 radical (unpaired) electrons. The molecule has 0 spiro atoms. The summed E-state index contributed by atoms with van der Waals surface area (Å²) in [7, 11) is 0. The fourth-order valence-electron chi connectivity index (χ4n) is 1.53. The Bertz CT molecular complexity index is 454. The lowest BCUT2D eigenvalue weighted by Crippen LogP contribution is -2.27. The molecule has 1 amide bonds. The number of ether oxygens (including phenoxy) is 1. The largest absolute Gasteiger partial charge is 0.508 e. The lowest BCUT2D eigenvalue weighted by atomic mass is 10.0. The molecule has 0 bridgehead atoms. The van der Waals surface area contributed by atoms with Gasteiger partial charge in [0.05, 0.1) is 0 Å². The van der Waals surface area contributed by atoms with Gasteiger partial charge in [-0.25, -0.2) is 4.79 Å². The van der Waals surface area contributed by atoms with Gasteiger partial charge in [-0.3, -0.25) is 5.32 Å². The van der Waals surface area contributed by atoms with Crippen LogP contribution in [-0.4, -0.2) is 22.1 Å². The second kappa shape index (κ2) is 6.28. The van der Waals surface area contributed by atoms with E-state index in [1.165, 1.54) is 0 Å². The van der Waals surface area contributed by atoms with Crippen molar-refractivity contribution in [1.82, 2.24) is 0 Å². The molecule has 0 aliphatic rings. The van der Waals surface area contributed by atoms with E-state index in [-0.39, 0.29) is 11.7 Å². The van der Waals surface area contributed by atoms with Gasteiger partial charge in [-0.15, -0.1) is 0 Å². The van der Waals surface area contributed by atoms with Gasteiger partial charge in [0.1, 0.15) is 11.4 Å². The van der Waals surface area contributed by atoms with E-state index in [0.717, 1.165) is 10.9 Å². The predicted molar refractivity (Wildman–Crippen MR) is 80.2 cm³/mol. The molecule has 0 fully saturated rings. The Kier molecular flexibility index (Phi) is 5.23. The minimum absolute atomic E-state index is 0.153. The van der Waals surface area contributed by atoms with Crippen LogP contribution < -0.4 is 5.32 Å². The van der Waals surface area contributed by atoms with Crippen LogP contribution in [0.2, 0.25) is 0 Å². The number of carbonyl (C=O) groups excluding carboxylic acids is 1. The van der Waals surface area contributed by atoms with Gasteiger partial charge in [0, 0.05) is 11.0 Å². The van der Waals surface area contributed by atoms with E-state index in [4.69, 9.17) is 4.74 Å². The first-order valence-corrected chi connectivity index (χ1v) is 7.24. The third kappa shape index (κ3) is 5.11. The van der Waals surface area contributed by atoms with E-state index < -0.39 is 11.7 Å². The number of amides is 1. The van der Waals surface area contributed by atoms with E-state index >= 15 is 0 Å². The van der Waals surface area contributed by atoms with Gasteiger partial charge >= 0.3 is 6.09 Å². The third-order valence-corrected chi connectivity index (χ3v) is 3.41. The highest BCUT2D eigenvalue weighted by Crippen LogP contribution is 2.29. The van der Waals surface area contributed by atoms with Crippen LogP contribution in [0, 0.1) is 0 Å². The minimum atomic E-state index is -0.535. The maximum atomic E-state index is 11.7. The highest BCUT2D eigenvalue weighted by Gasteiger charge is 2.17. The Hall–Kier alpha value is -1.23. The molecule has 0 heterocycles. The molecule has 1 aromatic rings. The Labute approximate surface area is 122 Å². The highest BCUT2D eigenvalue weighted by molar-refractivity contribution is 9.09. The van der Waals surface area contributed by atoms with E-state index in [0.29, 0.717) is 5.69 Å². The summed E-state index contributed by atoms with van der Waals surface area (Å²) in [5.74, 6) is 0.377. The van der Waals surface area contributed by atoms with Gasteiger partial charge in [0.15, 0.2) is 0 Å². The molecule has 1 unspecified atom stereocenters. The fourth-order valence-corrected chi connectivity index (χ4v) is 1.88. The predicted octanol–water partition coefficient (Wildman–Crippen LogP) is 4.24. The molecule has 1 rings (SSSR count). The SMILES string of the molecule is CC(CBr)c1cc(NC(=O)OC(C)(C)C)ccc1O. The zero-order valence-corrected chi connectivity index (χ0v) is 13.2. The third-order valence-electron chi connectivity index (χ3n) is 2.44. The summed E-state index contributed by atoms with van der Waals surface area (Å²) in [6.45, 7) is 7.41. The van der Waals surface area contributed by atoms with E-state index in [9.17, 15) is 9.90 Å². The molecular formula is C14H20BrNO3. The van der Waals surface area contributed by atoms with Crippen LogP contribution >= 0.6 is 15.9 Å². The second-order valence-electron chi connectivity index (χ2n) is 5.46. The quantitative estimate of drug-likeness (QED) is 0.644. The molecule has 0 saturated carbocycles. The van der Waals surface area contributed by atoms with Crippen molar-refractivity contribution < 1.29 is 14.6 Å². The summed E-state index contributed by atoms with van der Waals surface area (Å²) >= 11 is 3.38. The lowest BCUT2D eigenvalue weighted by Gasteiger charge is -2.20.